The van der Waals surface area contributed by atoms with Crippen LogP contribution in [0.15, 0.2) is 18.2 Å². The van der Waals surface area contributed by atoms with Gasteiger partial charge in [0.1, 0.15) is 0 Å². The minimum absolute atomic E-state index is 0.0621. The summed E-state index contributed by atoms with van der Waals surface area (Å²) in [6, 6.07) is 5.68. The highest BCUT2D eigenvalue weighted by molar-refractivity contribution is 6.01. The van der Waals surface area contributed by atoms with Gasteiger partial charge in [0.05, 0.1) is 17.4 Å². The molecule has 0 unspecified atom stereocenters. The van der Waals surface area contributed by atoms with E-state index in [2.05, 4.69) is 15.5 Å². The third-order valence-corrected chi connectivity index (χ3v) is 6.20. The van der Waals surface area contributed by atoms with E-state index in [9.17, 15) is 9.59 Å². The number of carbonyl (C=O) groups is 2. The summed E-state index contributed by atoms with van der Waals surface area (Å²) < 4.78 is 5.61. The SMILES string of the molecule is O=C(NC[C@@H]1CCCO1)c1ccc(NC(=O)C2CCC2)cc1N1CCCCC1. The molecule has 1 aliphatic carbocycles. The van der Waals surface area contributed by atoms with Gasteiger partial charge >= 0.3 is 0 Å². The van der Waals surface area contributed by atoms with Gasteiger partial charge in [-0.3, -0.25) is 9.59 Å². The molecule has 28 heavy (non-hydrogen) atoms. The van der Waals surface area contributed by atoms with E-state index >= 15 is 0 Å². The molecule has 0 spiro atoms. The Hall–Kier alpha value is -2.08. The maximum absolute atomic E-state index is 12.9. The molecule has 152 valence electrons. The Morgan fingerprint density at radius 3 is 2.54 bits per heavy atom. The van der Waals surface area contributed by atoms with Gasteiger partial charge in [0.25, 0.3) is 5.91 Å². The lowest BCUT2D eigenvalue weighted by atomic mass is 9.85. The Balaban J connectivity index is 1.49. The first kappa shape index (κ1) is 19.2. The summed E-state index contributed by atoms with van der Waals surface area (Å²) in [6.45, 7) is 3.24. The predicted molar refractivity (Wildman–Crippen MR) is 110 cm³/mol. The average Bonchev–Trinajstić information content (AvgIpc) is 3.19. The predicted octanol–water partition coefficient (Wildman–Crippen LogP) is 3.32. The van der Waals surface area contributed by atoms with Crippen molar-refractivity contribution in [2.24, 2.45) is 5.92 Å². The third kappa shape index (κ3) is 4.49. The molecule has 6 nitrogen and oxygen atoms in total. The number of ether oxygens (including phenoxy) is 1. The molecule has 6 heteroatoms. The van der Waals surface area contributed by atoms with Gasteiger partial charge in [-0.2, -0.15) is 0 Å². The van der Waals surface area contributed by atoms with Crippen molar-refractivity contribution in [3.63, 3.8) is 0 Å². The maximum Gasteiger partial charge on any atom is 0.253 e. The summed E-state index contributed by atoms with van der Waals surface area (Å²) in [4.78, 5) is 27.5. The molecule has 1 atom stereocenters. The average molecular weight is 386 g/mol. The zero-order chi connectivity index (χ0) is 19.3. The molecule has 4 rings (SSSR count). The number of amides is 2. The molecule has 1 aromatic rings. The van der Waals surface area contributed by atoms with Crippen LogP contribution in [-0.2, 0) is 9.53 Å². The monoisotopic (exact) mass is 385 g/mol. The number of piperidine rings is 1. The molecule has 0 radical (unpaired) electrons. The summed E-state index contributed by atoms with van der Waals surface area (Å²) in [5, 5.41) is 6.09. The van der Waals surface area contributed by atoms with Crippen LogP contribution in [0, 0.1) is 5.92 Å². The summed E-state index contributed by atoms with van der Waals surface area (Å²) in [5.74, 6) is 0.187. The number of benzene rings is 1. The van der Waals surface area contributed by atoms with E-state index < -0.39 is 0 Å². The normalized spacial score (nSPS) is 22.6. The molecule has 2 heterocycles. The van der Waals surface area contributed by atoms with Gasteiger partial charge in [-0.05, 0) is 63.1 Å². The lowest BCUT2D eigenvalue weighted by molar-refractivity contribution is -0.122. The van der Waals surface area contributed by atoms with Crippen molar-refractivity contribution in [1.29, 1.82) is 0 Å². The van der Waals surface area contributed by atoms with Gasteiger partial charge in [0.15, 0.2) is 0 Å². The van der Waals surface area contributed by atoms with Crippen molar-refractivity contribution in [2.45, 2.75) is 57.5 Å². The molecule has 2 N–H and O–H groups in total. The molecule has 2 saturated heterocycles. The Morgan fingerprint density at radius 2 is 1.86 bits per heavy atom. The van der Waals surface area contributed by atoms with Crippen LogP contribution in [0.25, 0.3) is 0 Å². The molecule has 1 saturated carbocycles. The van der Waals surface area contributed by atoms with Crippen LogP contribution in [0.1, 0.15) is 61.7 Å². The van der Waals surface area contributed by atoms with E-state index in [1.165, 1.54) is 6.42 Å². The minimum Gasteiger partial charge on any atom is -0.376 e. The van der Waals surface area contributed by atoms with E-state index in [1.807, 2.05) is 18.2 Å². The second-order valence-corrected chi connectivity index (χ2v) is 8.24. The van der Waals surface area contributed by atoms with Crippen molar-refractivity contribution in [1.82, 2.24) is 5.32 Å². The van der Waals surface area contributed by atoms with Gasteiger partial charge in [-0.15, -0.1) is 0 Å². The molecule has 1 aromatic carbocycles. The second-order valence-electron chi connectivity index (χ2n) is 8.24. The topological polar surface area (TPSA) is 70.7 Å². The highest BCUT2D eigenvalue weighted by atomic mass is 16.5. The van der Waals surface area contributed by atoms with Crippen LogP contribution in [0.4, 0.5) is 11.4 Å². The summed E-state index contributed by atoms with van der Waals surface area (Å²) in [5.41, 5.74) is 2.39. The van der Waals surface area contributed by atoms with Crippen LogP contribution in [0.5, 0.6) is 0 Å². The molecule has 3 aliphatic rings. The van der Waals surface area contributed by atoms with E-state index in [4.69, 9.17) is 4.74 Å². The number of rotatable bonds is 6. The first-order chi connectivity index (χ1) is 13.7. The largest absolute Gasteiger partial charge is 0.376 e. The minimum atomic E-state index is -0.0621. The fourth-order valence-electron chi connectivity index (χ4n) is 4.22. The van der Waals surface area contributed by atoms with Crippen LogP contribution in [0.3, 0.4) is 0 Å². The lowest BCUT2D eigenvalue weighted by Gasteiger charge is -2.31. The summed E-state index contributed by atoms with van der Waals surface area (Å²) in [7, 11) is 0. The van der Waals surface area contributed by atoms with Crippen LogP contribution < -0.4 is 15.5 Å². The molecule has 0 aromatic heterocycles. The maximum atomic E-state index is 12.9. The molecule has 0 bridgehead atoms. The smallest absolute Gasteiger partial charge is 0.253 e. The molecule has 2 amide bonds. The molecular formula is C22H31N3O3. The van der Waals surface area contributed by atoms with E-state index in [1.54, 1.807) is 0 Å². The van der Waals surface area contributed by atoms with E-state index in [0.717, 1.165) is 76.0 Å². The zero-order valence-electron chi connectivity index (χ0n) is 16.5. The van der Waals surface area contributed by atoms with Crippen molar-refractivity contribution < 1.29 is 14.3 Å². The zero-order valence-corrected chi connectivity index (χ0v) is 16.5. The van der Waals surface area contributed by atoms with Crippen molar-refractivity contribution >= 4 is 23.2 Å². The standard InChI is InChI=1S/C22H31N3O3/c26-21(16-6-4-7-16)24-17-9-10-19(20(14-17)25-11-2-1-3-12-25)22(27)23-15-18-8-5-13-28-18/h9-10,14,16,18H,1-8,11-13,15H2,(H,23,27)(H,24,26)/t18-/m0/s1. The fraction of sp³-hybridized carbons (Fsp3) is 0.636. The molecular weight excluding hydrogens is 354 g/mol. The number of carbonyl (C=O) groups excluding carboxylic acids is 2. The third-order valence-electron chi connectivity index (χ3n) is 6.20. The fourth-order valence-corrected chi connectivity index (χ4v) is 4.22. The number of nitrogens with one attached hydrogen (secondary N) is 2. The highest BCUT2D eigenvalue weighted by Gasteiger charge is 2.26. The number of hydrogen-bond acceptors (Lipinski definition) is 4. The van der Waals surface area contributed by atoms with Gasteiger partial charge < -0.3 is 20.3 Å². The Labute approximate surface area is 167 Å². The van der Waals surface area contributed by atoms with Crippen LogP contribution >= 0.6 is 0 Å². The van der Waals surface area contributed by atoms with Crippen LogP contribution in [0.2, 0.25) is 0 Å². The van der Waals surface area contributed by atoms with Gasteiger partial charge in [0.2, 0.25) is 5.91 Å². The quantitative estimate of drug-likeness (QED) is 0.788. The van der Waals surface area contributed by atoms with Crippen molar-refractivity contribution in [3.05, 3.63) is 23.8 Å². The van der Waals surface area contributed by atoms with Crippen molar-refractivity contribution in [2.75, 3.05) is 36.5 Å². The summed E-state index contributed by atoms with van der Waals surface area (Å²) in [6.07, 6.45) is 8.80. The van der Waals surface area contributed by atoms with Crippen LogP contribution in [-0.4, -0.2) is 44.2 Å². The van der Waals surface area contributed by atoms with Gasteiger partial charge in [0, 0.05) is 37.8 Å². The van der Waals surface area contributed by atoms with E-state index in [0.29, 0.717) is 12.1 Å². The summed E-state index contributed by atoms with van der Waals surface area (Å²) >= 11 is 0. The number of nitrogens with zero attached hydrogens (tertiary/aromatic N) is 1. The first-order valence-electron chi connectivity index (χ1n) is 10.8. The molecule has 2 aliphatic heterocycles. The van der Waals surface area contributed by atoms with E-state index in [-0.39, 0.29) is 23.8 Å². The first-order valence-corrected chi connectivity index (χ1v) is 10.8. The van der Waals surface area contributed by atoms with Gasteiger partial charge in [-0.1, -0.05) is 6.42 Å². The molecule has 3 fully saturated rings. The Bertz CT molecular complexity index is 705. The van der Waals surface area contributed by atoms with Crippen molar-refractivity contribution in [3.8, 4) is 0 Å². The Morgan fingerprint density at radius 1 is 1.04 bits per heavy atom. The second kappa shape index (κ2) is 8.95. The highest BCUT2D eigenvalue weighted by Crippen LogP contribution is 2.31. The van der Waals surface area contributed by atoms with Gasteiger partial charge in [-0.25, -0.2) is 0 Å². The number of anilines is 2. The lowest BCUT2D eigenvalue weighted by Crippen LogP contribution is -2.35. The number of hydrogen-bond donors (Lipinski definition) is 2. The Kier molecular flexibility index (Phi) is 6.15.